The van der Waals surface area contributed by atoms with Crippen molar-refractivity contribution in [2.75, 3.05) is 19.0 Å². The number of hydrogen-bond acceptors (Lipinski definition) is 3. The number of amides is 1. The minimum absolute atomic E-state index is 0.0657. The van der Waals surface area contributed by atoms with Crippen molar-refractivity contribution >= 4 is 27.5 Å². The van der Waals surface area contributed by atoms with Crippen molar-refractivity contribution in [1.29, 1.82) is 0 Å². The third kappa shape index (κ3) is 4.84. The van der Waals surface area contributed by atoms with Gasteiger partial charge in [-0.15, -0.1) is 0 Å². The monoisotopic (exact) mass is 328 g/mol. The average Bonchev–Trinajstić information content (AvgIpc) is 2.38. The van der Waals surface area contributed by atoms with E-state index in [4.69, 9.17) is 4.74 Å². The topological polar surface area (TPSA) is 50.4 Å². The molecule has 0 aliphatic heterocycles. The molecule has 0 aliphatic carbocycles. The van der Waals surface area contributed by atoms with Gasteiger partial charge < -0.3 is 15.4 Å². The molecule has 0 radical (unpaired) electrons. The Labute approximate surface area is 123 Å². The summed E-state index contributed by atoms with van der Waals surface area (Å²) in [7, 11) is 1.59. The Bertz CT molecular complexity index is 449. The summed E-state index contributed by atoms with van der Waals surface area (Å²) in [5, 5.41) is 6.05. The lowest BCUT2D eigenvalue weighted by atomic mass is 10.2. The molecule has 0 saturated heterocycles. The van der Waals surface area contributed by atoms with Crippen LogP contribution in [-0.4, -0.2) is 25.6 Å². The predicted molar refractivity (Wildman–Crippen MR) is 81.8 cm³/mol. The van der Waals surface area contributed by atoms with E-state index in [0.29, 0.717) is 18.3 Å². The number of nitrogens with one attached hydrogen (secondary N) is 2. The minimum Gasteiger partial charge on any atom is -0.495 e. The number of anilines is 1. The van der Waals surface area contributed by atoms with Gasteiger partial charge in [-0.25, -0.2) is 0 Å². The maximum Gasteiger partial charge on any atom is 0.238 e. The molecule has 1 aromatic carbocycles. The molecule has 1 rings (SSSR count). The van der Waals surface area contributed by atoms with Gasteiger partial charge in [-0.1, -0.05) is 22.9 Å². The molecule has 19 heavy (non-hydrogen) atoms. The number of methoxy groups -OCH3 is 1. The average molecular weight is 329 g/mol. The van der Waals surface area contributed by atoms with E-state index in [1.54, 1.807) is 7.11 Å². The number of aryl methyl sites for hydroxylation is 1. The molecule has 1 atom stereocenters. The Morgan fingerprint density at radius 1 is 1.47 bits per heavy atom. The van der Waals surface area contributed by atoms with Crippen molar-refractivity contribution in [3.8, 4) is 5.75 Å². The standard InChI is InChI=1S/C14H21BrN2O2/c1-5-10(3)16-8-13(18)17-14-9(2)6-11(15)7-12(14)19-4/h6-7,10,16H,5,8H2,1-4H3,(H,17,18). The summed E-state index contributed by atoms with van der Waals surface area (Å²) < 4.78 is 6.22. The predicted octanol–water partition coefficient (Wildman–Crippen LogP) is 3.09. The second-order valence-electron chi connectivity index (χ2n) is 4.54. The maximum absolute atomic E-state index is 11.9. The summed E-state index contributed by atoms with van der Waals surface area (Å²) in [4.78, 5) is 11.9. The normalized spacial score (nSPS) is 12.1. The molecular weight excluding hydrogens is 308 g/mol. The summed E-state index contributed by atoms with van der Waals surface area (Å²) in [5.74, 6) is 0.591. The molecule has 0 heterocycles. The fourth-order valence-electron chi connectivity index (χ4n) is 1.63. The third-order valence-corrected chi connectivity index (χ3v) is 3.43. The van der Waals surface area contributed by atoms with E-state index >= 15 is 0 Å². The lowest BCUT2D eigenvalue weighted by Crippen LogP contribution is -2.34. The van der Waals surface area contributed by atoms with Crippen molar-refractivity contribution in [3.63, 3.8) is 0 Å². The van der Waals surface area contributed by atoms with E-state index in [1.165, 1.54) is 0 Å². The highest BCUT2D eigenvalue weighted by molar-refractivity contribution is 9.10. The van der Waals surface area contributed by atoms with E-state index in [-0.39, 0.29) is 5.91 Å². The van der Waals surface area contributed by atoms with Gasteiger partial charge in [0.05, 0.1) is 19.3 Å². The van der Waals surface area contributed by atoms with Gasteiger partial charge in [0, 0.05) is 10.5 Å². The van der Waals surface area contributed by atoms with Gasteiger partial charge in [0.2, 0.25) is 5.91 Å². The summed E-state index contributed by atoms with van der Waals surface area (Å²) in [5.41, 5.74) is 1.68. The van der Waals surface area contributed by atoms with E-state index < -0.39 is 0 Å². The fourth-order valence-corrected chi connectivity index (χ4v) is 2.18. The minimum atomic E-state index is -0.0657. The van der Waals surface area contributed by atoms with Gasteiger partial charge in [-0.3, -0.25) is 4.79 Å². The van der Waals surface area contributed by atoms with E-state index in [0.717, 1.165) is 22.1 Å². The van der Waals surface area contributed by atoms with Crippen LogP contribution in [0.5, 0.6) is 5.75 Å². The Kier molecular flexibility index (Phi) is 6.31. The summed E-state index contributed by atoms with van der Waals surface area (Å²) >= 11 is 3.41. The first kappa shape index (κ1) is 16.0. The molecule has 5 heteroatoms. The zero-order chi connectivity index (χ0) is 14.4. The molecule has 0 bridgehead atoms. The number of benzene rings is 1. The molecule has 4 nitrogen and oxygen atoms in total. The lowest BCUT2D eigenvalue weighted by molar-refractivity contribution is -0.115. The summed E-state index contributed by atoms with van der Waals surface area (Å²) in [6, 6.07) is 4.11. The van der Waals surface area contributed by atoms with Gasteiger partial charge in [-0.05, 0) is 38.0 Å². The smallest absolute Gasteiger partial charge is 0.238 e. The van der Waals surface area contributed by atoms with Crippen molar-refractivity contribution in [2.24, 2.45) is 0 Å². The van der Waals surface area contributed by atoms with Gasteiger partial charge >= 0.3 is 0 Å². The molecule has 2 N–H and O–H groups in total. The number of halogens is 1. The van der Waals surface area contributed by atoms with Gasteiger partial charge in [0.15, 0.2) is 0 Å². The molecule has 0 saturated carbocycles. The van der Waals surface area contributed by atoms with Crippen LogP contribution < -0.4 is 15.4 Å². The first-order valence-corrected chi connectivity index (χ1v) is 7.14. The van der Waals surface area contributed by atoms with Gasteiger partial charge in [0.25, 0.3) is 0 Å². The SMILES string of the molecule is CCC(C)NCC(=O)Nc1c(C)cc(Br)cc1OC. The van der Waals surface area contributed by atoms with Crippen molar-refractivity contribution in [2.45, 2.75) is 33.2 Å². The number of rotatable bonds is 6. The Hall–Kier alpha value is -1.07. The fraction of sp³-hybridized carbons (Fsp3) is 0.500. The van der Waals surface area contributed by atoms with Crippen LogP contribution in [0, 0.1) is 6.92 Å². The van der Waals surface area contributed by atoms with Crippen molar-refractivity contribution in [1.82, 2.24) is 5.32 Å². The third-order valence-electron chi connectivity index (χ3n) is 2.97. The largest absolute Gasteiger partial charge is 0.495 e. The quantitative estimate of drug-likeness (QED) is 0.843. The molecule has 0 fully saturated rings. The molecular formula is C14H21BrN2O2. The summed E-state index contributed by atoms with van der Waals surface area (Å²) in [6.45, 7) is 6.37. The van der Waals surface area contributed by atoms with Crippen LogP contribution in [0.4, 0.5) is 5.69 Å². The molecule has 0 aromatic heterocycles. The number of carbonyl (C=O) groups excluding carboxylic acids is 1. The second kappa shape index (κ2) is 7.50. The zero-order valence-corrected chi connectivity index (χ0v) is 13.4. The molecule has 0 spiro atoms. The van der Waals surface area contributed by atoms with Crippen LogP contribution in [0.1, 0.15) is 25.8 Å². The van der Waals surface area contributed by atoms with Crippen LogP contribution >= 0.6 is 15.9 Å². The molecule has 106 valence electrons. The van der Waals surface area contributed by atoms with E-state index in [2.05, 4.69) is 40.4 Å². The number of ether oxygens (including phenoxy) is 1. The van der Waals surface area contributed by atoms with Crippen LogP contribution in [-0.2, 0) is 4.79 Å². The van der Waals surface area contributed by atoms with Crippen LogP contribution in [0.15, 0.2) is 16.6 Å². The first-order chi connectivity index (χ1) is 8.97. The van der Waals surface area contributed by atoms with E-state index in [1.807, 2.05) is 19.1 Å². The highest BCUT2D eigenvalue weighted by Gasteiger charge is 2.12. The van der Waals surface area contributed by atoms with Gasteiger partial charge in [-0.2, -0.15) is 0 Å². The highest BCUT2D eigenvalue weighted by Crippen LogP contribution is 2.31. The van der Waals surface area contributed by atoms with Gasteiger partial charge in [0.1, 0.15) is 5.75 Å². The number of carbonyl (C=O) groups is 1. The maximum atomic E-state index is 11.9. The van der Waals surface area contributed by atoms with Crippen molar-refractivity contribution < 1.29 is 9.53 Å². The van der Waals surface area contributed by atoms with Crippen LogP contribution in [0.2, 0.25) is 0 Å². The Morgan fingerprint density at radius 2 is 2.16 bits per heavy atom. The lowest BCUT2D eigenvalue weighted by Gasteiger charge is -2.15. The number of hydrogen-bond donors (Lipinski definition) is 2. The second-order valence-corrected chi connectivity index (χ2v) is 5.45. The summed E-state index contributed by atoms with van der Waals surface area (Å²) in [6.07, 6.45) is 0.994. The van der Waals surface area contributed by atoms with Crippen LogP contribution in [0.3, 0.4) is 0 Å². The molecule has 1 aromatic rings. The van der Waals surface area contributed by atoms with Crippen LogP contribution in [0.25, 0.3) is 0 Å². The highest BCUT2D eigenvalue weighted by atomic mass is 79.9. The zero-order valence-electron chi connectivity index (χ0n) is 11.8. The first-order valence-electron chi connectivity index (χ1n) is 6.35. The molecule has 1 unspecified atom stereocenters. The Balaban J connectivity index is 2.73. The van der Waals surface area contributed by atoms with Crippen molar-refractivity contribution in [3.05, 3.63) is 22.2 Å². The molecule has 1 amide bonds. The van der Waals surface area contributed by atoms with E-state index in [9.17, 15) is 4.79 Å². The molecule has 0 aliphatic rings. The Morgan fingerprint density at radius 3 is 2.74 bits per heavy atom.